The van der Waals surface area contributed by atoms with Gasteiger partial charge in [0.1, 0.15) is 17.2 Å². The third-order valence-corrected chi connectivity index (χ3v) is 6.65. The first-order valence-corrected chi connectivity index (χ1v) is 12.4. The third kappa shape index (κ3) is 4.50. The molecule has 0 saturated carbocycles. The standard InChI is InChI=1S/C29H25FN6O3/c1-29(2,3)25-13-26(36(35-25)17-8-10-24-23(12-17)32-15-39-24)34-28(38)33-22-11-16(7-9-21(22)30)18-5-4-6-19-20(18)14-31-27(19)37/h4-13,15H,14H2,1-3H3,(H,31,37)(H2,33,34,38). The summed E-state index contributed by atoms with van der Waals surface area (Å²) in [5, 5.41) is 13.0. The van der Waals surface area contributed by atoms with E-state index in [0.717, 1.165) is 16.8 Å². The summed E-state index contributed by atoms with van der Waals surface area (Å²) in [6.07, 6.45) is 1.37. The van der Waals surface area contributed by atoms with E-state index in [-0.39, 0.29) is 17.0 Å². The van der Waals surface area contributed by atoms with Gasteiger partial charge in [0, 0.05) is 23.6 Å². The molecule has 0 fully saturated rings. The van der Waals surface area contributed by atoms with Crippen LogP contribution in [0, 0.1) is 5.82 Å². The first kappa shape index (κ1) is 24.4. The quantitative estimate of drug-likeness (QED) is 0.267. The summed E-state index contributed by atoms with van der Waals surface area (Å²) in [7, 11) is 0. The number of fused-ring (bicyclic) bond motifs is 2. The maximum absolute atomic E-state index is 14.8. The lowest BCUT2D eigenvalue weighted by Crippen LogP contribution is -2.22. The number of amides is 3. The van der Waals surface area contributed by atoms with E-state index in [2.05, 4.69) is 20.9 Å². The Morgan fingerprint density at radius 1 is 1.05 bits per heavy atom. The van der Waals surface area contributed by atoms with Gasteiger partial charge in [0.25, 0.3) is 5.91 Å². The Morgan fingerprint density at radius 3 is 2.69 bits per heavy atom. The molecule has 1 aliphatic rings. The Bertz CT molecular complexity index is 1760. The third-order valence-electron chi connectivity index (χ3n) is 6.65. The number of benzene rings is 3. The number of urea groups is 1. The highest BCUT2D eigenvalue weighted by Gasteiger charge is 2.24. The molecule has 39 heavy (non-hydrogen) atoms. The zero-order chi connectivity index (χ0) is 27.3. The lowest BCUT2D eigenvalue weighted by Gasteiger charge is -2.14. The first-order valence-electron chi connectivity index (χ1n) is 12.4. The molecule has 2 aromatic heterocycles. The van der Waals surface area contributed by atoms with Crippen LogP contribution < -0.4 is 16.0 Å². The molecule has 3 amide bonds. The lowest BCUT2D eigenvalue weighted by atomic mass is 9.92. The number of nitrogens with one attached hydrogen (secondary N) is 3. The predicted molar refractivity (Wildman–Crippen MR) is 145 cm³/mol. The molecule has 0 unspecified atom stereocenters. The van der Waals surface area contributed by atoms with E-state index >= 15 is 0 Å². The smallest absolute Gasteiger partial charge is 0.324 e. The van der Waals surface area contributed by atoms with Gasteiger partial charge in [-0.1, -0.05) is 39.0 Å². The van der Waals surface area contributed by atoms with Crippen LogP contribution in [0.2, 0.25) is 0 Å². The molecule has 0 radical (unpaired) electrons. The van der Waals surface area contributed by atoms with E-state index in [9.17, 15) is 14.0 Å². The second kappa shape index (κ2) is 9.09. The molecule has 6 rings (SSSR count). The fourth-order valence-corrected chi connectivity index (χ4v) is 4.59. The number of oxazole rings is 1. The number of hydrogen-bond acceptors (Lipinski definition) is 5. The molecule has 0 saturated heterocycles. The van der Waals surface area contributed by atoms with Crippen LogP contribution in [0.5, 0.6) is 0 Å². The van der Waals surface area contributed by atoms with Gasteiger partial charge in [0.2, 0.25) is 0 Å². The van der Waals surface area contributed by atoms with Gasteiger partial charge in [0.05, 0.1) is 17.1 Å². The van der Waals surface area contributed by atoms with Crippen LogP contribution in [0.4, 0.5) is 20.7 Å². The summed E-state index contributed by atoms with van der Waals surface area (Å²) < 4.78 is 21.7. The van der Waals surface area contributed by atoms with Crippen molar-refractivity contribution in [2.24, 2.45) is 0 Å². The topological polar surface area (TPSA) is 114 Å². The van der Waals surface area contributed by atoms with Crippen molar-refractivity contribution in [1.82, 2.24) is 20.1 Å². The van der Waals surface area contributed by atoms with E-state index in [1.807, 2.05) is 39.0 Å². The van der Waals surface area contributed by atoms with Gasteiger partial charge in [-0.25, -0.2) is 18.9 Å². The molecule has 196 valence electrons. The molecule has 10 heteroatoms. The van der Waals surface area contributed by atoms with Crippen LogP contribution in [0.15, 0.2) is 71.5 Å². The minimum Gasteiger partial charge on any atom is -0.443 e. The summed E-state index contributed by atoms with van der Waals surface area (Å²) in [5.74, 6) is -0.320. The summed E-state index contributed by atoms with van der Waals surface area (Å²) in [6, 6.07) is 16.5. The number of rotatable bonds is 4. The van der Waals surface area contributed by atoms with Crippen LogP contribution >= 0.6 is 0 Å². The molecule has 3 aromatic carbocycles. The normalized spacial score (nSPS) is 12.9. The number of anilines is 2. The summed E-state index contributed by atoms with van der Waals surface area (Å²) in [5.41, 5.74) is 5.35. The Hall–Kier alpha value is -4.99. The van der Waals surface area contributed by atoms with Crippen molar-refractivity contribution < 1.29 is 18.4 Å². The van der Waals surface area contributed by atoms with E-state index in [1.165, 1.54) is 12.5 Å². The van der Waals surface area contributed by atoms with Crippen molar-refractivity contribution in [1.29, 1.82) is 0 Å². The molecule has 0 aliphatic carbocycles. The minimum absolute atomic E-state index is 0.00557. The highest BCUT2D eigenvalue weighted by Crippen LogP contribution is 2.32. The van der Waals surface area contributed by atoms with Crippen molar-refractivity contribution in [3.63, 3.8) is 0 Å². The summed E-state index contributed by atoms with van der Waals surface area (Å²) in [6.45, 7) is 6.46. The van der Waals surface area contributed by atoms with Crippen LogP contribution in [0.1, 0.15) is 42.4 Å². The average molecular weight is 525 g/mol. The van der Waals surface area contributed by atoms with Gasteiger partial charge in [-0.05, 0) is 53.1 Å². The highest BCUT2D eigenvalue weighted by atomic mass is 19.1. The number of aromatic nitrogens is 3. The van der Waals surface area contributed by atoms with Gasteiger partial charge in [0.15, 0.2) is 12.0 Å². The zero-order valence-electron chi connectivity index (χ0n) is 21.5. The minimum atomic E-state index is -0.634. The fraction of sp³-hybridized carbons (Fsp3) is 0.172. The monoisotopic (exact) mass is 524 g/mol. The molecule has 3 N–H and O–H groups in total. The molecule has 0 bridgehead atoms. The van der Waals surface area contributed by atoms with Gasteiger partial charge >= 0.3 is 6.03 Å². The van der Waals surface area contributed by atoms with Crippen LogP contribution in [0.25, 0.3) is 27.9 Å². The van der Waals surface area contributed by atoms with Crippen molar-refractivity contribution in [2.45, 2.75) is 32.7 Å². The van der Waals surface area contributed by atoms with Crippen molar-refractivity contribution >= 4 is 34.5 Å². The average Bonchev–Trinajstić information content (AvgIpc) is 3.63. The number of nitrogens with zero attached hydrogens (tertiary/aromatic N) is 3. The molecular weight excluding hydrogens is 499 g/mol. The van der Waals surface area contributed by atoms with Gasteiger partial charge in [-0.3, -0.25) is 10.1 Å². The molecule has 1 aliphatic heterocycles. The fourth-order valence-electron chi connectivity index (χ4n) is 4.59. The van der Waals surface area contributed by atoms with Crippen molar-refractivity contribution in [2.75, 3.05) is 10.6 Å². The van der Waals surface area contributed by atoms with E-state index < -0.39 is 11.8 Å². The SMILES string of the molecule is CC(C)(C)c1cc(NC(=O)Nc2cc(-c3cccc4c3CNC4=O)ccc2F)n(-c2ccc3ocnc3c2)n1. The van der Waals surface area contributed by atoms with Crippen molar-refractivity contribution in [3.05, 3.63) is 89.7 Å². The summed E-state index contributed by atoms with van der Waals surface area (Å²) in [4.78, 5) is 29.4. The second-order valence-corrected chi connectivity index (χ2v) is 10.4. The molecule has 3 heterocycles. The van der Waals surface area contributed by atoms with Crippen molar-refractivity contribution in [3.8, 4) is 16.8 Å². The van der Waals surface area contributed by atoms with E-state index in [0.29, 0.717) is 40.3 Å². The zero-order valence-corrected chi connectivity index (χ0v) is 21.5. The number of halogens is 1. The van der Waals surface area contributed by atoms with Gasteiger partial charge in [-0.15, -0.1) is 0 Å². The van der Waals surface area contributed by atoms with Crippen LogP contribution in [0.3, 0.4) is 0 Å². The number of carbonyl (C=O) groups is 2. The first-order chi connectivity index (χ1) is 18.7. The number of hydrogen-bond donors (Lipinski definition) is 3. The largest absolute Gasteiger partial charge is 0.443 e. The maximum atomic E-state index is 14.8. The van der Waals surface area contributed by atoms with E-state index in [4.69, 9.17) is 9.52 Å². The molecule has 0 spiro atoms. The molecular formula is C29H25FN6O3. The Labute approximate surface area is 223 Å². The molecule has 0 atom stereocenters. The van der Waals surface area contributed by atoms with Gasteiger partial charge in [-0.2, -0.15) is 5.10 Å². The summed E-state index contributed by atoms with van der Waals surface area (Å²) >= 11 is 0. The second-order valence-electron chi connectivity index (χ2n) is 10.4. The Morgan fingerprint density at radius 2 is 1.87 bits per heavy atom. The Balaban J connectivity index is 1.30. The van der Waals surface area contributed by atoms with Crippen LogP contribution in [-0.2, 0) is 12.0 Å². The Kier molecular flexibility index (Phi) is 5.67. The lowest BCUT2D eigenvalue weighted by molar-refractivity contribution is 0.0965. The maximum Gasteiger partial charge on any atom is 0.324 e. The molecule has 9 nitrogen and oxygen atoms in total. The number of carbonyl (C=O) groups excluding carboxylic acids is 2. The van der Waals surface area contributed by atoms with E-state index in [1.54, 1.807) is 41.1 Å². The van der Waals surface area contributed by atoms with Gasteiger partial charge < -0.3 is 15.1 Å². The molecule has 5 aromatic rings. The predicted octanol–water partition coefficient (Wildman–Crippen LogP) is 6.00. The van der Waals surface area contributed by atoms with Crippen LogP contribution in [-0.4, -0.2) is 26.7 Å². The highest BCUT2D eigenvalue weighted by molar-refractivity contribution is 6.02.